The van der Waals surface area contributed by atoms with E-state index in [0.29, 0.717) is 6.54 Å². The Hall–Kier alpha value is -1.30. The van der Waals surface area contributed by atoms with Crippen molar-refractivity contribution in [3.05, 3.63) is 0 Å². The first-order valence-corrected chi connectivity index (χ1v) is 7.06. The molecule has 2 saturated heterocycles. The molecule has 0 saturated carbocycles. The third-order valence-electron chi connectivity index (χ3n) is 3.83. The van der Waals surface area contributed by atoms with Crippen LogP contribution in [0, 0.1) is 0 Å². The monoisotopic (exact) mass is 284 g/mol. The predicted molar refractivity (Wildman–Crippen MR) is 73.4 cm³/mol. The summed E-state index contributed by atoms with van der Waals surface area (Å²) in [4.78, 5) is 27.3. The van der Waals surface area contributed by atoms with Crippen LogP contribution in [0.4, 0.5) is 4.79 Å². The number of ether oxygens (including phenoxy) is 2. The Morgan fingerprint density at radius 3 is 2.45 bits per heavy atom. The fourth-order valence-corrected chi connectivity index (χ4v) is 3.01. The Morgan fingerprint density at radius 1 is 1.25 bits per heavy atom. The van der Waals surface area contributed by atoms with E-state index in [1.54, 1.807) is 0 Å². The molecular weight excluding hydrogens is 260 g/mol. The van der Waals surface area contributed by atoms with Crippen molar-refractivity contribution in [2.24, 2.45) is 0 Å². The molecule has 2 heterocycles. The fourth-order valence-electron chi connectivity index (χ4n) is 3.01. The van der Waals surface area contributed by atoms with Crippen LogP contribution in [0.1, 0.15) is 33.6 Å². The number of nitrogens with zero attached hydrogens (tertiary/aromatic N) is 2. The highest BCUT2D eigenvalue weighted by atomic mass is 16.6. The molecule has 0 aromatic rings. The molecule has 2 aliphatic heterocycles. The van der Waals surface area contributed by atoms with Crippen LogP contribution in [0.25, 0.3) is 0 Å². The zero-order valence-electron chi connectivity index (χ0n) is 12.8. The molecule has 1 spiro atoms. The average Bonchev–Trinajstić information content (AvgIpc) is 2.70. The summed E-state index contributed by atoms with van der Waals surface area (Å²) in [5.74, 6) is -0.235. The van der Waals surface area contributed by atoms with Gasteiger partial charge in [-0.05, 0) is 33.6 Å². The summed E-state index contributed by atoms with van der Waals surface area (Å²) in [7, 11) is 1.39. The van der Waals surface area contributed by atoms with E-state index >= 15 is 0 Å². The first kappa shape index (κ1) is 15.1. The van der Waals surface area contributed by atoms with Crippen molar-refractivity contribution in [1.82, 2.24) is 9.80 Å². The molecule has 1 amide bonds. The van der Waals surface area contributed by atoms with Crippen LogP contribution in [0.15, 0.2) is 0 Å². The molecule has 0 aromatic carbocycles. The lowest BCUT2D eigenvalue weighted by molar-refractivity contribution is -0.145. The zero-order valence-corrected chi connectivity index (χ0v) is 12.8. The highest BCUT2D eigenvalue weighted by Crippen LogP contribution is 2.38. The fraction of sp³-hybridized carbons (Fsp3) is 0.857. The summed E-state index contributed by atoms with van der Waals surface area (Å²) in [6.07, 6.45) is 1.72. The number of likely N-dealkylation sites (tertiary alicyclic amines) is 2. The van der Waals surface area contributed by atoms with Gasteiger partial charge in [-0.15, -0.1) is 0 Å². The minimum atomic E-state index is -0.476. The predicted octanol–water partition coefficient (Wildman–Crippen LogP) is 1.24. The summed E-state index contributed by atoms with van der Waals surface area (Å²) >= 11 is 0. The molecule has 0 unspecified atom stereocenters. The second-order valence-corrected chi connectivity index (χ2v) is 6.68. The lowest BCUT2D eigenvalue weighted by Gasteiger charge is -2.52. The standard InChI is InChI=1S/C14H24N2O4/c1-13(2,3)20-12(18)16-7-5-6-14(16)9-15(10-14)8-11(17)19-4/h5-10H2,1-4H3. The second kappa shape index (κ2) is 5.24. The van der Waals surface area contributed by atoms with E-state index in [2.05, 4.69) is 4.74 Å². The van der Waals surface area contributed by atoms with Gasteiger partial charge in [0.25, 0.3) is 0 Å². The Bertz CT molecular complexity index is 396. The van der Waals surface area contributed by atoms with Gasteiger partial charge in [0.1, 0.15) is 5.60 Å². The van der Waals surface area contributed by atoms with Crippen molar-refractivity contribution in [2.75, 3.05) is 33.3 Å². The molecule has 0 N–H and O–H groups in total. The average molecular weight is 284 g/mol. The van der Waals surface area contributed by atoms with E-state index in [0.717, 1.165) is 32.5 Å². The number of methoxy groups -OCH3 is 1. The Kier molecular flexibility index (Phi) is 3.95. The highest BCUT2D eigenvalue weighted by molar-refractivity contribution is 5.72. The van der Waals surface area contributed by atoms with E-state index in [4.69, 9.17) is 4.74 Å². The normalized spacial score (nSPS) is 21.7. The van der Waals surface area contributed by atoms with Gasteiger partial charge in [-0.3, -0.25) is 14.6 Å². The topological polar surface area (TPSA) is 59.1 Å². The lowest BCUT2D eigenvalue weighted by Crippen LogP contribution is -2.69. The van der Waals surface area contributed by atoms with Gasteiger partial charge < -0.3 is 9.47 Å². The number of carbonyl (C=O) groups excluding carboxylic acids is 2. The molecule has 2 fully saturated rings. The van der Waals surface area contributed by atoms with Gasteiger partial charge in [-0.25, -0.2) is 4.79 Å². The van der Waals surface area contributed by atoms with Crippen LogP contribution < -0.4 is 0 Å². The minimum Gasteiger partial charge on any atom is -0.468 e. The molecule has 0 aliphatic carbocycles. The van der Waals surface area contributed by atoms with Crippen LogP contribution in [0.2, 0.25) is 0 Å². The van der Waals surface area contributed by atoms with E-state index in [9.17, 15) is 9.59 Å². The SMILES string of the molecule is COC(=O)CN1CC2(CCCN2C(=O)OC(C)(C)C)C1. The summed E-state index contributed by atoms with van der Waals surface area (Å²) in [6, 6.07) is 0. The number of hydrogen-bond acceptors (Lipinski definition) is 5. The van der Waals surface area contributed by atoms with Crippen LogP contribution in [0.3, 0.4) is 0 Å². The van der Waals surface area contributed by atoms with Gasteiger partial charge in [0.05, 0.1) is 19.2 Å². The van der Waals surface area contributed by atoms with E-state index < -0.39 is 5.60 Å². The third kappa shape index (κ3) is 3.06. The van der Waals surface area contributed by atoms with Gasteiger partial charge in [-0.2, -0.15) is 0 Å². The summed E-state index contributed by atoms with van der Waals surface area (Å²) in [5, 5.41) is 0. The van der Waals surface area contributed by atoms with Crippen LogP contribution in [0.5, 0.6) is 0 Å². The Labute approximate surface area is 120 Å². The zero-order chi connectivity index (χ0) is 15.0. The summed E-state index contributed by atoms with van der Waals surface area (Å²) in [5.41, 5.74) is -0.618. The molecule has 0 atom stereocenters. The summed E-state index contributed by atoms with van der Waals surface area (Å²) < 4.78 is 10.1. The molecule has 6 heteroatoms. The third-order valence-corrected chi connectivity index (χ3v) is 3.83. The van der Waals surface area contributed by atoms with Gasteiger partial charge >= 0.3 is 12.1 Å². The molecule has 20 heavy (non-hydrogen) atoms. The minimum absolute atomic E-state index is 0.143. The maximum atomic E-state index is 12.2. The number of rotatable bonds is 2. The molecule has 2 aliphatic rings. The van der Waals surface area contributed by atoms with Crippen molar-refractivity contribution in [2.45, 2.75) is 44.8 Å². The number of amides is 1. The molecule has 0 radical (unpaired) electrons. The maximum Gasteiger partial charge on any atom is 0.410 e. The Morgan fingerprint density at radius 2 is 1.90 bits per heavy atom. The van der Waals surface area contributed by atoms with E-state index in [1.807, 2.05) is 30.6 Å². The number of hydrogen-bond donors (Lipinski definition) is 0. The van der Waals surface area contributed by atoms with E-state index in [-0.39, 0.29) is 17.6 Å². The first-order valence-electron chi connectivity index (χ1n) is 7.06. The molecule has 114 valence electrons. The largest absolute Gasteiger partial charge is 0.468 e. The van der Waals surface area contributed by atoms with Crippen molar-refractivity contribution >= 4 is 12.1 Å². The molecule has 2 rings (SSSR count). The van der Waals surface area contributed by atoms with Crippen molar-refractivity contribution in [1.29, 1.82) is 0 Å². The number of esters is 1. The van der Waals surface area contributed by atoms with Gasteiger partial charge in [0.2, 0.25) is 0 Å². The van der Waals surface area contributed by atoms with E-state index in [1.165, 1.54) is 7.11 Å². The molecular formula is C14H24N2O4. The second-order valence-electron chi connectivity index (χ2n) is 6.68. The first-order chi connectivity index (χ1) is 9.26. The quantitative estimate of drug-likeness (QED) is 0.714. The smallest absolute Gasteiger partial charge is 0.410 e. The maximum absolute atomic E-state index is 12.2. The summed E-state index contributed by atoms with van der Waals surface area (Å²) in [6.45, 7) is 8.10. The van der Waals surface area contributed by atoms with Crippen LogP contribution >= 0.6 is 0 Å². The van der Waals surface area contributed by atoms with Crippen molar-refractivity contribution in [3.63, 3.8) is 0 Å². The molecule has 6 nitrogen and oxygen atoms in total. The van der Waals surface area contributed by atoms with Crippen LogP contribution in [-0.4, -0.2) is 66.3 Å². The molecule has 0 aromatic heterocycles. The van der Waals surface area contributed by atoms with Gasteiger partial charge in [0, 0.05) is 19.6 Å². The van der Waals surface area contributed by atoms with Gasteiger partial charge in [-0.1, -0.05) is 0 Å². The van der Waals surface area contributed by atoms with Crippen LogP contribution in [-0.2, 0) is 14.3 Å². The molecule has 0 bridgehead atoms. The van der Waals surface area contributed by atoms with Crippen molar-refractivity contribution in [3.8, 4) is 0 Å². The van der Waals surface area contributed by atoms with Crippen molar-refractivity contribution < 1.29 is 19.1 Å². The lowest BCUT2D eigenvalue weighted by atomic mass is 9.87. The van der Waals surface area contributed by atoms with Gasteiger partial charge in [0.15, 0.2) is 0 Å². The number of carbonyl (C=O) groups is 2. The Balaban J connectivity index is 1.93. The highest BCUT2D eigenvalue weighted by Gasteiger charge is 2.53.